The minimum atomic E-state index is -0.539. The van der Waals surface area contributed by atoms with E-state index < -0.39 is 5.91 Å². The maximum atomic E-state index is 12.1. The summed E-state index contributed by atoms with van der Waals surface area (Å²) in [4.78, 5) is 35.0. The monoisotopic (exact) mass is 329 g/mol. The highest BCUT2D eigenvalue weighted by Gasteiger charge is 2.14. The Morgan fingerprint density at radius 1 is 1.21 bits per heavy atom. The lowest BCUT2D eigenvalue weighted by atomic mass is 10.2. The number of aromatic nitrogens is 2. The molecule has 0 radical (unpaired) electrons. The van der Waals surface area contributed by atoms with Crippen LogP contribution in [0.2, 0.25) is 0 Å². The molecule has 3 amide bonds. The third-order valence-corrected chi connectivity index (χ3v) is 3.30. The highest BCUT2D eigenvalue weighted by molar-refractivity contribution is 5.99. The Labute approximate surface area is 139 Å². The van der Waals surface area contributed by atoms with Gasteiger partial charge >= 0.3 is 0 Å². The van der Waals surface area contributed by atoms with Crippen molar-refractivity contribution in [3.63, 3.8) is 0 Å². The van der Waals surface area contributed by atoms with E-state index >= 15 is 0 Å². The number of rotatable bonds is 6. The predicted molar refractivity (Wildman–Crippen MR) is 88.6 cm³/mol. The predicted octanol–water partition coefficient (Wildman–Crippen LogP) is 0.679. The summed E-state index contributed by atoms with van der Waals surface area (Å²) in [7, 11) is 0. The molecule has 1 heterocycles. The van der Waals surface area contributed by atoms with Gasteiger partial charge in [0.05, 0.1) is 12.2 Å². The van der Waals surface area contributed by atoms with E-state index in [0.717, 1.165) is 5.69 Å². The second-order valence-corrected chi connectivity index (χ2v) is 5.16. The van der Waals surface area contributed by atoms with Gasteiger partial charge in [-0.05, 0) is 44.2 Å². The van der Waals surface area contributed by atoms with Gasteiger partial charge in [0, 0.05) is 17.8 Å². The zero-order valence-corrected chi connectivity index (χ0v) is 13.5. The van der Waals surface area contributed by atoms with E-state index in [2.05, 4.69) is 15.7 Å². The number of nitrogens with one attached hydrogen (secondary N) is 2. The Bertz CT molecular complexity index is 765. The third kappa shape index (κ3) is 4.19. The Morgan fingerprint density at radius 2 is 1.88 bits per heavy atom. The molecule has 4 N–H and O–H groups in total. The summed E-state index contributed by atoms with van der Waals surface area (Å²) in [6.07, 6.45) is 0. The first-order valence-corrected chi connectivity index (χ1v) is 7.43. The number of amides is 3. The van der Waals surface area contributed by atoms with Crippen LogP contribution in [0.25, 0.3) is 0 Å². The number of hydrogen-bond acceptors (Lipinski definition) is 4. The number of carbonyl (C=O) groups is 3. The number of carbonyl (C=O) groups excluding carboxylic acids is 3. The molecule has 0 saturated heterocycles. The summed E-state index contributed by atoms with van der Waals surface area (Å²) in [5.74, 6) is -1.28. The summed E-state index contributed by atoms with van der Waals surface area (Å²) in [5, 5.41) is 9.36. The molecule has 0 atom stereocenters. The number of nitrogens with two attached hydrogens (primary N) is 1. The number of benzene rings is 1. The molecule has 0 unspecified atom stereocenters. The van der Waals surface area contributed by atoms with Crippen LogP contribution in [-0.4, -0.2) is 34.0 Å². The van der Waals surface area contributed by atoms with Gasteiger partial charge in [-0.25, -0.2) is 0 Å². The molecule has 0 spiro atoms. The first kappa shape index (κ1) is 17.2. The highest BCUT2D eigenvalue weighted by Crippen LogP contribution is 2.09. The van der Waals surface area contributed by atoms with Gasteiger partial charge in [-0.3, -0.25) is 19.1 Å². The van der Waals surface area contributed by atoms with Gasteiger partial charge < -0.3 is 16.4 Å². The Balaban J connectivity index is 1.90. The van der Waals surface area contributed by atoms with Crippen molar-refractivity contribution in [3.8, 4) is 0 Å². The van der Waals surface area contributed by atoms with Crippen molar-refractivity contribution in [3.05, 3.63) is 47.3 Å². The Kier molecular flexibility index (Phi) is 5.31. The largest absolute Gasteiger partial charge is 0.366 e. The SMILES string of the molecule is CCn1nc(C)cc1C(=O)NCC(=O)Nc1ccc(C(N)=O)cc1. The van der Waals surface area contributed by atoms with Crippen LogP contribution in [0.15, 0.2) is 30.3 Å². The van der Waals surface area contributed by atoms with Gasteiger partial charge in [0.25, 0.3) is 5.91 Å². The highest BCUT2D eigenvalue weighted by atomic mass is 16.2. The first-order valence-electron chi connectivity index (χ1n) is 7.43. The second-order valence-electron chi connectivity index (χ2n) is 5.16. The fourth-order valence-corrected chi connectivity index (χ4v) is 2.14. The molecule has 126 valence electrons. The summed E-state index contributed by atoms with van der Waals surface area (Å²) in [6, 6.07) is 7.82. The van der Waals surface area contributed by atoms with Crippen LogP contribution in [0.4, 0.5) is 5.69 Å². The standard InChI is InChI=1S/C16H19N5O3/c1-3-21-13(8-10(2)20-21)16(24)18-9-14(22)19-12-6-4-11(5-7-12)15(17)23/h4-8H,3,9H2,1-2H3,(H2,17,23)(H,18,24)(H,19,22). The molecule has 0 bridgehead atoms. The summed E-state index contributed by atoms with van der Waals surface area (Å²) in [5.41, 5.74) is 7.15. The van der Waals surface area contributed by atoms with Crippen LogP contribution in [0.1, 0.15) is 33.5 Å². The zero-order valence-electron chi connectivity index (χ0n) is 13.5. The number of anilines is 1. The second kappa shape index (κ2) is 7.40. The summed E-state index contributed by atoms with van der Waals surface area (Å²) < 4.78 is 1.57. The van der Waals surface area contributed by atoms with Gasteiger partial charge in [0.2, 0.25) is 11.8 Å². The molecule has 1 aromatic heterocycles. The van der Waals surface area contributed by atoms with E-state index in [1.165, 1.54) is 12.1 Å². The molecule has 0 saturated carbocycles. The minimum Gasteiger partial charge on any atom is -0.366 e. The number of primary amides is 1. The molecule has 8 heteroatoms. The van der Waals surface area contributed by atoms with E-state index in [1.807, 2.05) is 6.92 Å². The third-order valence-electron chi connectivity index (χ3n) is 3.30. The van der Waals surface area contributed by atoms with Crippen molar-refractivity contribution in [2.75, 3.05) is 11.9 Å². The van der Waals surface area contributed by atoms with Gasteiger partial charge in [0.15, 0.2) is 0 Å². The number of nitrogens with zero attached hydrogens (tertiary/aromatic N) is 2. The average molecular weight is 329 g/mol. The summed E-state index contributed by atoms with van der Waals surface area (Å²) in [6.45, 7) is 4.07. The molecule has 8 nitrogen and oxygen atoms in total. The van der Waals surface area contributed by atoms with E-state index in [4.69, 9.17) is 5.73 Å². The van der Waals surface area contributed by atoms with Crippen molar-refractivity contribution in [2.24, 2.45) is 5.73 Å². The minimum absolute atomic E-state index is 0.176. The van der Waals surface area contributed by atoms with Crippen LogP contribution in [0, 0.1) is 6.92 Å². The van der Waals surface area contributed by atoms with Gasteiger partial charge in [0.1, 0.15) is 5.69 Å². The van der Waals surface area contributed by atoms with Gasteiger partial charge in [-0.2, -0.15) is 5.10 Å². The van der Waals surface area contributed by atoms with E-state index in [9.17, 15) is 14.4 Å². The van der Waals surface area contributed by atoms with Crippen LogP contribution in [0.5, 0.6) is 0 Å². The fraction of sp³-hybridized carbons (Fsp3) is 0.250. The van der Waals surface area contributed by atoms with Crippen LogP contribution in [0.3, 0.4) is 0 Å². The normalized spacial score (nSPS) is 10.2. The molecular formula is C16H19N5O3. The molecule has 2 rings (SSSR count). The number of hydrogen-bond donors (Lipinski definition) is 3. The van der Waals surface area contributed by atoms with Gasteiger partial charge in [-0.15, -0.1) is 0 Å². The Morgan fingerprint density at radius 3 is 2.46 bits per heavy atom. The quantitative estimate of drug-likeness (QED) is 0.722. The maximum absolute atomic E-state index is 12.1. The molecule has 0 aliphatic carbocycles. The van der Waals surface area contributed by atoms with E-state index in [-0.39, 0.29) is 18.4 Å². The number of aryl methyl sites for hydroxylation is 2. The lowest BCUT2D eigenvalue weighted by Gasteiger charge is -2.08. The molecule has 0 aliphatic heterocycles. The molecule has 0 aliphatic rings. The van der Waals surface area contributed by atoms with Crippen molar-refractivity contribution < 1.29 is 14.4 Å². The fourth-order valence-electron chi connectivity index (χ4n) is 2.14. The van der Waals surface area contributed by atoms with Crippen molar-refractivity contribution in [2.45, 2.75) is 20.4 Å². The lowest BCUT2D eigenvalue weighted by molar-refractivity contribution is -0.115. The molecular weight excluding hydrogens is 310 g/mol. The van der Waals surface area contributed by atoms with E-state index in [1.54, 1.807) is 29.8 Å². The lowest BCUT2D eigenvalue weighted by Crippen LogP contribution is -2.34. The molecule has 2 aromatic rings. The zero-order chi connectivity index (χ0) is 17.7. The van der Waals surface area contributed by atoms with Crippen molar-refractivity contribution in [1.29, 1.82) is 0 Å². The van der Waals surface area contributed by atoms with Crippen LogP contribution in [-0.2, 0) is 11.3 Å². The molecule has 0 fully saturated rings. The van der Waals surface area contributed by atoms with Crippen molar-refractivity contribution >= 4 is 23.4 Å². The molecule has 1 aromatic carbocycles. The van der Waals surface area contributed by atoms with Crippen LogP contribution < -0.4 is 16.4 Å². The summed E-state index contributed by atoms with van der Waals surface area (Å²) >= 11 is 0. The Hall–Kier alpha value is -3.16. The average Bonchev–Trinajstić information content (AvgIpc) is 2.94. The van der Waals surface area contributed by atoms with Crippen LogP contribution >= 0.6 is 0 Å². The maximum Gasteiger partial charge on any atom is 0.269 e. The van der Waals surface area contributed by atoms with Gasteiger partial charge in [-0.1, -0.05) is 0 Å². The topological polar surface area (TPSA) is 119 Å². The smallest absolute Gasteiger partial charge is 0.269 e. The van der Waals surface area contributed by atoms with E-state index in [0.29, 0.717) is 23.5 Å². The first-order chi connectivity index (χ1) is 11.4. The van der Waals surface area contributed by atoms with Crippen molar-refractivity contribution in [1.82, 2.24) is 15.1 Å². The molecule has 24 heavy (non-hydrogen) atoms.